The van der Waals surface area contributed by atoms with E-state index < -0.39 is 0 Å². The number of hydrogen-bond donors (Lipinski definition) is 0. The molecule has 5 heteroatoms. The molecule has 0 saturated heterocycles. The van der Waals surface area contributed by atoms with Gasteiger partial charge in [-0.25, -0.2) is 4.98 Å². The molecular formula is C13H7ClN2OS. The predicted octanol–water partition coefficient (Wildman–Crippen LogP) is 3.70. The first-order chi connectivity index (χ1) is 8.72. The molecule has 0 fully saturated rings. The van der Waals surface area contributed by atoms with Crippen LogP contribution in [0.5, 0.6) is 0 Å². The van der Waals surface area contributed by atoms with Crippen LogP contribution in [0.15, 0.2) is 47.6 Å². The Morgan fingerprint density at radius 1 is 1.28 bits per heavy atom. The number of halogens is 1. The Balaban J connectivity index is 2.46. The number of carbonyl (C=O) groups excluding carboxylic acids is 1. The predicted molar refractivity (Wildman–Crippen MR) is 73.8 cm³/mol. The molecule has 0 unspecified atom stereocenters. The van der Waals surface area contributed by atoms with Crippen LogP contribution in [-0.4, -0.2) is 15.9 Å². The van der Waals surface area contributed by atoms with Crippen molar-refractivity contribution in [2.45, 2.75) is 0 Å². The van der Waals surface area contributed by atoms with Crippen LogP contribution in [0, 0.1) is 0 Å². The number of aliphatic imine (C=N–C) groups is 1. The number of nitrogens with zero attached hydrogens (tertiary/aromatic N) is 2. The van der Waals surface area contributed by atoms with E-state index in [1.165, 1.54) is 0 Å². The fourth-order valence-corrected chi connectivity index (χ4v) is 1.68. The van der Waals surface area contributed by atoms with Gasteiger partial charge in [0, 0.05) is 16.8 Å². The molecule has 0 N–H and O–H groups in total. The number of rotatable bonds is 3. The van der Waals surface area contributed by atoms with Crippen molar-refractivity contribution in [3.05, 3.63) is 58.7 Å². The molecule has 0 bridgehead atoms. The van der Waals surface area contributed by atoms with Gasteiger partial charge in [-0.2, -0.15) is 4.99 Å². The quantitative estimate of drug-likeness (QED) is 0.487. The summed E-state index contributed by atoms with van der Waals surface area (Å²) in [6.07, 6.45) is 1.55. The third kappa shape index (κ3) is 2.68. The Morgan fingerprint density at radius 3 is 2.67 bits per heavy atom. The van der Waals surface area contributed by atoms with Gasteiger partial charge in [0.05, 0.1) is 10.7 Å². The fraction of sp³-hybridized carbons (Fsp3) is 0. The van der Waals surface area contributed by atoms with Crippen LogP contribution < -0.4 is 0 Å². The number of thiocarbonyl (C=S) groups is 1. The van der Waals surface area contributed by atoms with Gasteiger partial charge in [-0.1, -0.05) is 11.6 Å². The van der Waals surface area contributed by atoms with Crippen LogP contribution >= 0.6 is 23.8 Å². The molecule has 18 heavy (non-hydrogen) atoms. The molecule has 0 saturated carbocycles. The van der Waals surface area contributed by atoms with Gasteiger partial charge in [0.15, 0.2) is 11.6 Å². The average Bonchev–Trinajstić information content (AvgIpc) is 2.40. The van der Waals surface area contributed by atoms with Crippen LogP contribution in [0.25, 0.3) is 0 Å². The standard InChI is InChI=1S/C13H7ClN2OS/c14-10-5-3-9(4-6-10)12(17)11-2-1-7-15-13(11)16-8-18/h1-7H. The highest BCUT2D eigenvalue weighted by molar-refractivity contribution is 7.78. The molecule has 0 aliphatic heterocycles. The lowest BCUT2D eigenvalue weighted by Crippen LogP contribution is -2.02. The minimum atomic E-state index is -0.177. The van der Waals surface area contributed by atoms with E-state index in [4.69, 9.17) is 11.6 Å². The summed E-state index contributed by atoms with van der Waals surface area (Å²) in [6.45, 7) is 0. The van der Waals surface area contributed by atoms with E-state index in [2.05, 4.69) is 27.4 Å². The van der Waals surface area contributed by atoms with Gasteiger partial charge in [0.2, 0.25) is 0 Å². The summed E-state index contributed by atoms with van der Waals surface area (Å²) < 4.78 is 0. The van der Waals surface area contributed by atoms with Crippen LogP contribution in [0.1, 0.15) is 15.9 Å². The maximum Gasteiger partial charge on any atom is 0.196 e. The van der Waals surface area contributed by atoms with Crippen LogP contribution in [0.3, 0.4) is 0 Å². The first-order valence-corrected chi connectivity index (χ1v) is 5.84. The molecular weight excluding hydrogens is 268 g/mol. The van der Waals surface area contributed by atoms with E-state index in [-0.39, 0.29) is 11.6 Å². The van der Waals surface area contributed by atoms with E-state index in [1.807, 2.05) is 0 Å². The van der Waals surface area contributed by atoms with Gasteiger partial charge in [-0.15, -0.1) is 0 Å². The third-order valence-electron chi connectivity index (χ3n) is 2.29. The number of isothiocyanates is 1. The number of aromatic nitrogens is 1. The molecule has 1 aromatic heterocycles. The molecule has 0 atom stereocenters. The molecule has 0 radical (unpaired) electrons. The highest BCUT2D eigenvalue weighted by Gasteiger charge is 2.13. The Kier molecular flexibility index (Phi) is 3.95. The Labute approximate surface area is 114 Å². The molecule has 88 valence electrons. The van der Waals surface area contributed by atoms with Gasteiger partial charge in [-0.3, -0.25) is 4.79 Å². The lowest BCUT2D eigenvalue weighted by molar-refractivity contribution is 0.103. The van der Waals surface area contributed by atoms with Crippen molar-refractivity contribution < 1.29 is 4.79 Å². The smallest absolute Gasteiger partial charge is 0.196 e. The van der Waals surface area contributed by atoms with Crippen LogP contribution in [0.4, 0.5) is 5.82 Å². The maximum atomic E-state index is 12.2. The Morgan fingerprint density at radius 2 is 2.00 bits per heavy atom. The second-order valence-electron chi connectivity index (χ2n) is 3.41. The normalized spacial score (nSPS) is 9.61. The summed E-state index contributed by atoms with van der Waals surface area (Å²) in [7, 11) is 0. The van der Waals surface area contributed by atoms with E-state index >= 15 is 0 Å². The van der Waals surface area contributed by atoms with Crippen molar-refractivity contribution >= 4 is 40.6 Å². The molecule has 1 aromatic carbocycles. The van der Waals surface area contributed by atoms with E-state index in [1.54, 1.807) is 42.6 Å². The zero-order valence-corrected chi connectivity index (χ0v) is 10.7. The monoisotopic (exact) mass is 274 g/mol. The second-order valence-corrected chi connectivity index (χ2v) is 4.03. The Bertz CT molecular complexity index is 634. The molecule has 0 spiro atoms. The maximum absolute atomic E-state index is 12.2. The first-order valence-electron chi connectivity index (χ1n) is 5.05. The SMILES string of the molecule is O=C(c1ccc(Cl)cc1)c1cccnc1N=C=S. The summed E-state index contributed by atoms with van der Waals surface area (Å²) in [4.78, 5) is 20.0. The van der Waals surface area contributed by atoms with E-state index in [0.29, 0.717) is 16.1 Å². The number of hydrogen-bond acceptors (Lipinski definition) is 4. The van der Waals surface area contributed by atoms with E-state index in [0.717, 1.165) is 0 Å². The van der Waals surface area contributed by atoms with Gasteiger partial charge in [0.25, 0.3) is 0 Å². The molecule has 0 aliphatic carbocycles. The minimum absolute atomic E-state index is 0.177. The molecule has 1 heterocycles. The second kappa shape index (κ2) is 5.65. The van der Waals surface area contributed by atoms with Crippen LogP contribution in [-0.2, 0) is 0 Å². The fourth-order valence-electron chi connectivity index (χ4n) is 1.46. The van der Waals surface area contributed by atoms with Crippen molar-refractivity contribution in [1.82, 2.24) is 4.98 Å². The zero-order valence-electron chi connectivity index (χ0n) is 9.13. The van der Waals surface area contributed by atoms with Crippen LogP contribution in [0.2, 0.25) is 5.02 Å². The largest absolute Gasteiger partial charge is 0.288 e. The molecule has 3 nitrogen and oxygen atoms in total. The van der Waals surface area contributed by atoms with Gasteiger partial charge in [-0.05, 0) is 48.6 Å². The average molecular weight is 275 g/mol. The number of benzene rings is 1. The molecule has 0 amide bonds. The van der Waals surface area contributed by atoms with Gasteiger partial charge >= 0.3 is 0 Å². The zero-order chi connectivity index (χ0) is 13.0. The van der Waals surface area contributed by atoms with Crippen molar-refractivity contribution in [1.29, 1.82) is 0 Å². The lowest BCUT2D eigenvalue weighted by Gasteiger charge is -2.03. The summed E-state index contributed by atoms with van der Waals surface area (Å²) >= 11 is 10.3. The third-order valence-corrected chi connectivity index (χ3v) is 2.63. The van der Waals surface area contributed by atoms with Crippen molar-refractivity contribution in [3.8, 4) is 0 Å². The van der Waals surface area contributed by atoms with Crippen molar-refractivity contribution in [2.24, 2.45) is 4.99 Å². The summed E-state index contributed by atoms with van der Waals surface area (Å²) in [6, 6.07) is 9.95. The molecule has 2 rings (SSSR count). The number of carbonyl (C=O) groups is 1. The molecule has 2 aromatic rings. The summed E-state index contributed by atoms with van der Waals surface area (Å²) in [5.41, 5.74) is 0.908. The lowest BCUT2D eigenvalue weighted by atomic mass is 10.0. The highest BCUT2D eigenvalue weighted by Crippen LogP contribution is 2.20. The first kappa shape index (κ1) is 12.6. The van der Waals surface area contributed by atoms with E-state index in [9.17, 15) is 4.79 Å². The number of pyridine rings is 1. The Hall–Kier alpha value is -1.87. The van der Waals surface area contributed by atoms with Gasteiger partial charge < -0.3 is 0 Å². The van der Waals surface area contributed by atoms with Gasteiger partial charge in [0.1, 0.15) is 0 Å². The van der Waals surface area contributed by atoms with Crippen molar-refractivity contribution in [2.75, 3.05) is 0 Å². The number of ketones is 1. The summed E-state index contributed by atoms with van der Waals surface area (Å²) in [5.74, 6) is 0.0937. The summed E-state index contributed by atoms with van der Waals surface area (Å²) in [5, 5.41) is 2.79. The highest BCUT2D eigenvalue weighted by atomic mass is 35.5. The molecule has 0 aliphatic rings. The topological polar surface area (TPSA) is 42.3 Å². The minimum Gasteiger partial charge on any atom is -0.288 e. The van der Waals surface area contributed by atoms with Crippen molar-refractivity contribution in [3.63, 3.8) is 0 Å².